The summed E-state index contributed by atoms with van der Waals surface area (Å²) >= 11 is 3.55. The molecule has 0 aliphatic heterocycles. The first kappa shape index (κ1) is 13.6. The minimum atomic E-state index is -0.191. The first-order valence-electron chi connectivity index (χ1n) is 5.18. The van der Waals surface area contributed by atoms with Crippen LogP contribution in [0.3, 0.4) is 0 Å². The molecule has 0 saturated heterocycles. The van der Waals surface area contributed by atoms with E-state index in [0.717, 1.165) is 11.0 Å². The molecule has 0 spiro atoms. The van der Waals surface area contributed by atoms with Gasteiger partial charge in [-0.15, -0.1) is 0 Å². The van der Waals surface area contributed by atoms with Gasteiger partial charge in [-0.05, 0) is 24.1 Å². The van der Waals surface area contributed by atoms with Crippen LogP contribution in [0.1, 0.15) is 11.1 Å². The molecule has 4 heteroatoms. The number of ether oxygens (including phenoxy) is 2. The zero-order valence-electron chi connectivity index (χ0n) is 9.92. The highest BCUT2D eigenvalue weighted by atomic mass is 79.9. The molecule has 0 aromatic heterocycles. The van der Waals surface area contributed by atoms with E-state index >= 15 is 0 Å². The molecule has 1 aromatic carbocycles. The van der Waals surface area contributed by atoms with Crippen LogP contribution in [-0.2, 0) is 16.0 Å². The molecule has 0 saturated carbocycles. The van der Waals surface area contributed by atoms with Crippen molar-refractivity contribution in [3.8, 4) is 0 Å². The number of hydrogen-bond donors (Lipinski definition) is 1. The second-order valence-corrected chi connectivity index (χ2v) is 4.48. The van der Waals surface area contributed by atoms with Crippen molar-refractivity contribution in [2.75, 3.05) is 20.8 Å². The van der Waals surface area contributed by atoms with Gasteiger partial charge in [0.15, 0.2) is 6.29 Å². The van der Waals surface area contributed by atoms with E-state index < -0.39 is 0 Å². The van der Waals surface area contributed by atoms with E-state index in [-0.39, 0.29) is 6.29 Å². The van der Waals surface area contributed by atoms with E-state index in [1.807, 2.05) is 0 Å². The maximum Gasteiger partial charge on any atom is 0.169 e. The van der Waals surface area contributed by atoms with Crippen LogP contribution in [0.5, 0.6) is 0 Å². The van der Waals surface area contributed by atoms with Gasteiger partial charge >= 0.3 is 0 Å². The number of aryl methyl sites for hydroxylation is 1. The molecular weight excluding hydrogens is 270 g/mol. The molecule has 1 rings (SSSR count). The van der Waals surface area contributed by atoms with Crippen molar-refractivity contribution in [2.24, 2.45) is 0 Å². The average molecular weight is 288 g/mol. The zero-order valence-corrected chi connectivity index (χ0v) is 11.5. The van der Waals surface area contributed by atoms with Gasteiger partial charge in [-0.1, -0.05) is 28.1 Å². The van der Waals surface area contributed by atoms with Gasteiger partial charge in [-0.2, -0.15) is 0 Å². The smallest absolute Gasteiger partial charge is 0.169 e. The van der Waals surface area contributed by atoms with Crippen molar-refractivity contribution in [3.05, 3.63) is 33.8 Å². The van der Waals surface area contributed by atoms with Gasteiger partial charge in [0.05, 0.1) is 0 Å². The second-order valence-electron chi connectivity index (χ2n) is 3.63. The van der Waals surface area contributed by atoms with Crippen LogP contribution in [0.2, 0.25) is 0 Å². The molecule has 0 radical (unpaired) electrons. The minimum absolute atomic E-state index is 0.191. The number of rotatable bonds is 6. The van der Waals surface area contributed by atoms with E-state index in [9.17, 15) is 0 Å². The van der Waals surface area contributed by atoms with Crippen molar-refractivity contribution < 1.29 is 9.47 Å². The Morgan fingerprint density at radius 1 is 1.31 bits per heavy atom. The Kier molecular flexibility index (Phi) is 5.98. The van der Waals surface area contributed by atoms with Crippen molar-refractivity contribution >= 4 is 15.9 Å². The maximum atomic E-state index is 5.09. The Labute approximate surface area is 105 Å². The first-order chi connectivity index (χ1) is 7.67. The van der Waals surface area contributed by atoms with Crippen molar-refractivity contribution in [2.45, 2.75) is 19.8 Å². The van der Waals surface area contributed by atoms with Crippen LogP contribution >= 0.6 is 15.9 Å². The third-order valence-corrected chi connectivity index (χ3v) is 3.10. The van der Waals surface area contributed by atoms with E-state index in [2.05, 4.69) is 46.4 Å². The summed E-state index contributed by atoms with van der Waals surface area (Å²) in [5.74, 6) is 0. The van der Waals surface area contributed by atoms with Crippen LogP contribution in [0, 0.1) is 6.92 Å². The van der Waals surface area contributed by atoms with Gasteiger partial charge in [-0.25, -0.2) is 0 Å². The third-order valence-electron chi connectivity index (χ3n) is 2.36. The molecule has 16 heavy (non-hydrogen) atoms. The number of nitrogens with one attached hydrogen (secondary N) is 1. The molecule has 0 heterocycles. The number of methoxy groups -OCH3 is 2. The Bertz CT molecular complexity index is 327. The summed E-state index contributed by atoms with van der Waals surface area (Å²) in [5, 5.41) is 3.28. The normalized spacial score (nSPS) is 11.1. The molecule has 0 fully saturated rings. The third kappa shape index (κ3) is 4.22. The summed E-state index contributed by atoms with van der Waals surface area (Å²) in [7, 11) is 3.27. The summed E-state index contributed by atoms with van der Waals surface area (Å²) in [6.07, 6.45) is -0.191. The minimum Gasteiger partial charge on any atom is -0.355 e. The molecule has 1 aromatic rings. The number of hydrogen-bond acceptors (Lipinski definition) is 3. The summed E-state index contributed by atoms with van der Waals surface area (Å²) in [6.45, 7) is 3.55. The summed E-state index contributed by atoms with van der Waals surface area (Å²) in [5.41, 5.74) is 2.49. The highest BCUT2D eigenvalue weighted by molar-refractivity contribution is 9.10. The largest absolute Gasteiger partial charge is 0.355 e. The van der Waals surface area contributed by atoms with Gasteiger partial charge in [0.1, 0.15) is 0 Å². The highest BCUT2D eigenvalue weighted by Crippen LogP contribution is 2.17. The molecule has 0 aliphatic carbocycles. The van der Waals surface area contributed by atoms with Crippen LogP contribution in [0.4, 0.5) is 0 Å². The molecule has 0 amide bonds. The Balaban J connectivity index is 2.42. The van der Waals surface area contributed by atoms with Crippen LogP contribution in [0.15, 0.2) is 22.7 Å². The fourth-order valence-electron chi connectivity index (χ4n) is 1.38. The van der Waals surface area contributed by atoms with Crippen LogP contribution in [-0.4, -0.2) is 27.1 Å². The SMILES string of the molecule is COC(CNCc1ccc(C)cc1Br)OC. The second kappa shape index (κ2) is 7.01. The van der Waals surface area contributed by atoms with E-state index in [0.29, 0.717) is 6.54 Å². The lowest BCUT2D eigenvalue weighted by atomic mass is 10.1. The van der Waals surface area contributed by atoms with Crippen molar-refractivity contribution in [1.82, 2.24) is 5.32 Å². The quantitative estimate of drug-likeness (QED) is 0.816. The highest BCUT2D eigenvalue weighted by Gasteiger charge is 2.05. The number of benzene rings is 1. The molecule has 0 atom stereocenters. The first-order valence-corrected chi connectivity index (χ1v) is 5.98. The Morgan fingerprint density at radius 2 is 2.00 bits per heavy atom. The van der Waals surface area contributed by atoms with Crippen LogP contribution in [0.25, 0.3) is 0 Å². The predicted octanol–water partition coefficient (Wildman–Crippen LogP) is 2.47. The molecular formula is C12H18BrNO2. The molecule has 0 unspecified atom stereocenters. The van der Waals surface area contributed by atoms with E-state index in [1.54, 1.807) is 14.2 Å². The molecule has 0 bridgehead atoms. The lowest BCUT2D eigenvalue weighted by molar-refractivity contribution is -0.0989. The van der Waals surface area contributed by atoms with Crippen molar-refractivity contribution in [3.63, 3.8) is 0 Å². The molecule has 90 valence electrons. The maximum absolute atomic E-state index is 5.09. The summed E-state index contributed by atoms with van der Waals surface area (Å²) < 4.78 is 11.3. The van der Waals surface area contributed by atoms with E-state index in [1.165, 1.54) is 11.1 Å². The predicted molar refractivity (Wildman–Crippen MR) is 68.4 cm³/mol. The molecule has 3 nitrogen and oxygen atoms in total. The van der Waals surface area contributed by atoms with Gasteiger partial charge in [-0.3, -0.25) is 0 Å². The fraction of sp³-hybridized carbons (Fsp3) is 0.500. The van der Waals surface area contributed by atoms with Gasteiger partial charge in [0, 0.05) is 31.8 Å². The lowest BCUT2D eigenvalue weighted by Crippen LogP contribution is -2.29. The number of halogens is 1. The average Bonchev–Trinajstić information content (AvgIpc) is 2.27. The Hall–Kier alpha value is -0.420. The van der Waals surface area contributed by atoms with Gasteiger partial charge < -0.3 is 14.8 Å². The fourth-order valence-corrected chi connectivity index (χ4v) is 2.02. The van der Waals surface area contributed by atoms with Gasteiger partial charge in [0.2, 0.25) is 0 Å². The Morgan fingerprint density at radius 3 is 2.56 bits per heavy atom. The standard InChI is InChI=1S/C12H18BrNO2/c1-9-4-5-10(11(13)6-9)7-14-8-12(15-2)16-3/h4-6,12,14H,7-8H2,1-3H3. The topological polar surface area (TPSA) is 30.5 Å². The monoisotopic (exact) mass is 287 g/mol. The molecule has 1 N–H and O–H groups in total. The lowest BCUT2D eigenvalue weighted by Gasteiger charge is -2.14. The summed E-state index contributed by atoms with van der Waals surface area (Å²) in [4.78, 5) is 0. The zero-order chi connectivity index (χ0) is 12.0. The molecule has 0 aliphatic rings. The van der Waals surface area contributed by atoms with Crippen molar-refractivity contribution in [1.29, 1.82) is 0 Å². The summed E-state index contributed by atoms with van der Waals surface area (Å²) in [6, 6.07) is 6.33. The van der Waals surface area contributed by atoms with Crippen LogP contribution < -0.4 is 5.32 Å². The van der Waals surface area contributed by atoms with Gasteiger partial charge in [0.25, 0.3) is 0 Å². The van der Waals surface area contributed by atoms with E-state index in [4.69, 9.17) is 9.47 Å².